The number of primary amides is 1. The summed E-state index contributed by atoms with van der Waals surface area (Å²) in [6.07, 6.45) is 9.68. The van der Waals surface area contributed by atoms with E-state index in [1.807, 2.05) is 37.4 Å². The number of carbonyl (C=O) groups is 3. The predicted octanol–water partition coefficient (Wildman–Crippen LogP) is 3.49. The summed E-state index contributed by atoms with van der Waals surface area (Å²) in [5.41, 5.74) is 7.32. The Balaban J connectivity index is 0.000000601. The van der Waals surface area contributed by atoms with E-state index in [1.165, 1.54) is 25.7 Å². The van der Waals surface area contributed by atoms with Crippen molar-refractivity contribution in [1.29, 1.82) is 0 Å². The number of fused-ring (bicyclic) bond motifs is 1. The third-order valence-corrected chi connectivity index (χ3v) is 7.00. The topological polar surface area (TPSA) is 105 Å². The predicted molar refractivity (Wildman–Crippen MR) is 144 cm³/mol. The second-order valence-corrected chi connectivity index (χ2v) is 9.49. The molecule has 0 bridgehead atoms. The van der Waals surface area contributed by atoms with E-state index >= 15 is 0 Å². The molecule has 0 aromatic heterocycles. The highest BCUT2D eigenvalue weighted by atomic mass is 32.2. The van der Waals surface area contributed by atoms with Crippen LogP contribution in [0.25, 0.3) is 0 Å². The number of likely N-dealkylation sites (N-methyl/N-ethyl adjacent to an activating group) is 1. The lowest BCUT2D eigenvalue weighted by Gasteiger charge is -2.24. The Morgan fingerprint density at radius 1 is 1.18 bits per heavy atom. The Kier molecular flexibility index (Phi) is 19.1. The van der Waals surface area contributed by atoms with Crippen LogP contribution in [0.3, 0.4) is 0 Å². The fourth-order valence-electron chi connectivity index (χ4n) is 3.92. The highest BCUT2D eigenvalue weighted by Crippen LogP contribution is 2.30. The number of aryl methyl sites for hydroxylation is 2. The van der Waals surface area contributed by atoms with E-state index in [2.05, 4.69) is 47.6 Å². The molecule has 2 aliphatic rings. The molecule has 1 aromatic rings. The van der Waals surface area contributed by atoms with E-state index in [0.717, 1.165) is 31.4 Å². The first kappa shape index (κ1) is 31.9. The van der Waals surface area contributed by atoms with E-state index in [9.17, 15) is 9.59 Å². The van der Waals surface area contributed by atoms with Crippen molar-refractivity contribution < 1.29 is 14.4 Å². The zero-order chi connectivity index (χ0) is 25.8. The van der Waals surface area contributed by atoms with Gasteiger partial charge in [0.1, 0.15) is 0 Å². The van der Waals surface area contributed by atoms with Crippen LogP contribution in [0.5, 0.6) is 0 Å². The van der Waals surface area contributed by atoms with Crippen molar-refractivity contribution in [2.24, 2.45) is 5.73 Å². The number of rotatable bonds is 8. The highest BCUT2D eigenvalue weighted by Gasteiger charge is 2.29. The monoisotopic (exact) mass is 494 g/mol. The average molecular weight is 495 g/mol. The Bertz CT molecular complexity index is 665. The van der Waals surface area contributed by atoms with Crippen LogP contribution in [0.2, 0.25) is 0 Å². The van der Waals surface area contributed by atoms with Gasteiger partial charge in [-0.15, -0.1) is 11.8 Å². The summed E-state index contributed by atoms with van der Waals surface area (Å²) in [6, 6.07) is 9.34. The molecule has 0 spiro atoms. The third kappa shape index (κ3) is 13.0. The number of hydrogen-bond donors (Lipinski definition) is 3. The molecule has 34 heavy (non-hydrogen) atoms. The summed E-state index contributed by atoms with van der Waals surface area (Å²) in [7, 11) is 1.76. The van der Waals surface area contributed by atoms with E-state index in [4.69, 9.17) is 4.79 Å². The number of nitrogens with two attached hydrogens (primary N) is 1. The van der Waals surface area contributed by atoms with Crippen LogP contribution in [-0.2, 0) is 27.2 Å². The van der Waals surface area contributed by atoms with Crippen LogP contribution >= 0.6 is 11.8 Å². The summed E-state index contributed by atoms with van der Waals surface area (Å²) < 4.78 is 0. The summed E-state index contributed by atoms with van der Waals surface area (Å²) in [4.78, 5) is 32.9. The van der Waals surface area contributed by atoms with Gasteiger partial charge in [0.15, 0.2) is 0 Å². The van der Waals surface area contributed by atoms with Gasteiger partial charge in [0, 0.05) is 12.1 Å². The molecular formula is C26H46N4O3S. The molecule has 194 valence electrons. The van der Waals surface area contributed by atoms with Crippen LogP contribution < -0.4 is 16.4 Å². The van der Waals surface area contributed by atoms with Crippen molar-refractivity contribution >= 4 is 30.5 Å². The van der Waals surface area contributed by atoms with Crippen molar-refractivity contribution in [3.05, 3.63) is 35.4 Å². The Hall–Kier alpha value is -2.06. The lowest BCUT2D eigenvalue weighted by molar-refractivity contribution is -0.121. The molecular weight excluding hydrogens is 448 g/mol. The lowest BCUT2D eigenvalue weighted by atomic mass is 9.92. The Morgan fingerprint density at radius 2 is 1.74 bits per heavy atom. The normalized spacial score (nSPS) is 18.9. The van der Waals surface area contributed by atoms with E-state index < -0.39 is 0 Å². The maximum atomic E-state index is 11.4. The Labute approximate surface area is 211 Å². The maximum absolute atomic E-state index is 11.4. The number of hydrogen-bond acceptors (Lipinski definition) is 5. The number of benzene rings is 1. The fraction of sp³-hybridized carbons (Fsp3) is 0.654. The van der Waals surface area contributed by atoms with Crippen LogP contribution in [0.15, 0.2) is 24.3 Å². The smallest absolute Gasteiger partial charge is 0.234 e. The van der Waals surface area contributed by atoms with Crippen molar-refractivity contribution in [3.63, 3.8) is 0 Å². The minimum Gasteiger partial charge on any atom is -0.372 e. The van der Waals surface area contributed by atoms with E-state index in [-0.39, 0.29) is 18.4 Å². The number of nitrogens with one attached hydrogen (secondary N) is 2. The van der Waals surface area contributed by atoms with Crippen molar-refractivity contribution in [3.8, 4) is 0 Å². The molecule has 3 unspecified atom stereocenters. The molecule has 1 heterocycles. The molecule has 1 aromatic carbocycles. The quantitative estimate of drug-likeness (QED) is 0.480. The SMILES string of the molecule is CC.CNCC(=O)NC(C)CCSC1CCC(C)N1C=O.NC=O.c1ccc2c(c1)CCCC2. The van der Waals surface area contributed by atoms with Gasteiger partial charge in [-0.25, -0.2) is 0 Å². The summed E-state index contributed by atoms with van der Waals surface area (Å²) >= 11 is 1.82. The van der Waals surface area contributed by atoms with Gasteiger partial charge in [-0.05, 0) is 82.7 Å². The zero-order valence-corrected chi connectivity index (χ0v) is 22.5. The largest absolute Gasteiger partial charge is 0.372 e. The van der Waals surface area contributed by atoms with Crippen LogP contribution in [-0.4, -0.2) is 60.4 Å². The second kappa shape index (κ2) is 20.3. The van der Waals surface area contributed by atoms with Gasteiger partial charge in [-0.2, -0.15) is 0 Å². The highest BCUT2D eigenvalue weighted by molar-refractivity contribution is 7.99. The van der Waals surface area contributed by atoms with Gasteiger partial charge in [0.05, 0.1) is 11.9 Å². The minimum absolute atomic E-state index is 0.0315. The number of carbonyl (C=O) groups excluding carboxylic acids is 3. The lowest BCUT2D eigenvalue weighted by Crippen LogP contribution is -2.38. The van der Waals surface area contributed by atoms with Gasteiger partial charge < -0.3 is 21.3 Å². The summed E-state index contributed by atoms with van der Waals surface area (Å²) in [5.74, 6) is 0.993. The van der Waals surface area contributed by atoms with Gasteiger partial charge >= 0.3 is 0 Å². The van der Waals surface area contributed by atoms with E-state index in [1.54, 1.807) is 18.2 Å². The molecule has 3 rings (SSSR count). The van der Waals surface area contributed by atoms with Crippen molar-refractivity contribution in [2.45, 2.75) is 90.1 Å². The van der Waals surface area contributed by atoms with Gasteiger partial charge in [0.25, 0.3) is 0 Å². The van der Waals surface area contributed by atoms with Gasteiger partial charge in [-0.3, -0.25) is 14.4 Å². The number of likely N-dealkylation sites (tertiary alicyclic amines) is 1. The second-order valence-electron chi connectivity index (χ2n) is 8.20. The molecule has 1 fully saturated rings. The van der Waals surface area contributed by atoms with Crippen LogP contribution in [0.1, 0.15) is 70.9 Å². The van der Waals surface area contributed by atoms with Gasteiger partial charge in [-0.1, -0.05) is 38.1 Å². The maximum Gasteiger partial charge on any atom is 0.234 e. The summed E-state index contributed by atoms with van der Waals surface area (Å²) in [6.45, 7) is 8.47. The average Bonchev–Trinajstić information content (AvgIpc) is 3.20. The molecule has 1 aliphatic carbocycles. The first-order valence-corrected chi connectivity index (χ1v) is 13.5. The van der Waals surface area contributed by atoms with Crippen molar-refractivity contribution in [2.75, 3.05) is 19.3 Å². The van der Waals surface area contributed by atoms with Crippen LogP contribution in [0.4, 0.5) is 0 Å². The van der Waals surface area contributed by atoms with Gasteiger partial charge in [0.2, 0.25) is 18.7 Å². The molecule has 7 nitrogen and oxygen atoms in total. The molecule has 4 N–H and O–H groups in total. The first-order valence-electron chi connectivity index (χ1n) is 12.5. The standard InChI is InChI=1S/C13H25N3O2S.C10H12.C2H6.CH3NO/c1-10(15-12(18)8-14-3)6-7-19-13-5-4-11(2)16(13)9-17;1-2-6-10-8-4-3-7-9(10)5-1;1-2;2-1-3/h9-11,13-14H,4-8H2,1-3H3,(H,15,18);1-2,5-6H,3-4,7-8H2;1-2H3;1H,(H2,2,3). The molecule has 8 heteroatoms. The Morgan fingerprint density at radius 3 is 2.24 bits per heavy atom. The third-order valence-electron chi connectivity index (χ3n) is 5.66. The summed E-state index contributed by atoms with van der Waals surface area (Å²) in [5, 5.41) is 6.08. The molecule has 1 saturated heterocycles. The molecule has 0 saturated carbocycles. The molecule has 3 atom stereocenters. The minimum atomic E-state index is 0.0315. The number of amides is 3. The van der Waals surface area contributed by atoms with Crippen LogP contribution in [0, 0.1) is 0 Å². The fourth-order valence-corrected chi connectivity index (χ4v) is 5.42. The molecule has 1 aliphatic heterocycles. The molecule has 3 amide bonds. The van der Waals surface area contributed by atoms with E-state index in [0.29, 0.717) is 18.0 Å². The number of nitrogens with zero attached hydrogens (tertiary/aromatic N) is 1. The number of thioether (sulfide) groups is 1. The zero-order valence-electron chi connectivity index (χ0n) is 21.7. The first-order chi connectivity index (χ1) is 16.5. The molecule has 0 radical (unpaired) electrons. The van der Waals surface area contributed by atoms with Crippen molar-refractivity contribution in [1.82, 2.24) is 15.5 Å².